The van der Waals surface area contributed by atoms with Crippen LogP contribution in [0.25, 0.3) is 0 Å². The van der Waals surface area contributed by atoms with Crippen molar-refractivity contribution in [3.63, 3.8) is 0 Å². The summed E-state index contributed by atoms with van der Waals surface area (Å²) in [6.07, 6.45) is 4.15. The van der Waals surface area contributed by atoms with E-state index in [9.17, 15) is 4.79 Å². The largest absolute Gasteiger partial charge is 0.299 e. The summed E-state index contributed by atoms with van der Waals surface area (Å²) in [5.41, 5.74) is 2.31. The molecule has 0 bridgehead atoms. The van der Waals surface area contributed by atoms with Gasteiger partial charge >= 0.3 is 0 Å². The maximum Gasteiger partial charge on any atom is 0.269 e. The van der Waals surface area contributed by atoms with E-state index in [-0.39, 0.29) is 5.56 Å². The van der Waals surface area contributed by atoms with Crippen LogP contribution in [0.2, 0.25) is 0 Å². The minimum atomic E-state index is 0.183. The second kappa shape index (κ2) is 5.92. The van der Waals surface area contributed by atoms with E-state index in [2.05, 4.69) is 32.8 Å². The van der Waals surface area contributed by atoms with Crippen LogP contribution in [0.4, 0.5) is 0 Å². The van der Waals surface area contributed by atoms with Crippen molar-refractivity contribution < 1.29 is 0 Å². The summed E-state index contributed by atoms with van der Waals surface area (Å²) in [5, 5.41) is 3.27. The second-order valence-electron chi connectivity index (χ2n) is 4.84. The molecule has 1 aromatic heterocycles. The molecule has 92 valence electrons. The molecule has 1 aromatic rings. The minimum absolute atomic E-state index is 0.183. The number of hydrogen-bond donors (Lipinski definition) is 1. The summed E-state index contributed by atoms with van der Waals surface area (Å²) >= 11 is 0. The molecule has 0 atom stereocenters. The molecular weight excluding hydrogens is 200 g/mol. The van der Waals surface area contributed by atoms with Crippen molar-refractivity contribution in [2.75, 3.05) is 0 Å². The van der Waals surface area contributed by atoms with Crippen molar-refractivity contribution in [1.82, 2.24) is 9.78 Å². The Hall–Kier alpha value is -0.990. The molecule has 0 aromatic carbocycles. The molecule has 0 aliphatic rings. The fraction of sp³-hybridized carbons (Fsp3) is 0.769. The summed E-state index contributed by atoms with van der Waals surface area (Å²) in [7, 11) is 0. The van der Waals surface area contributed by atoms with Crippen LogP contribution >= 0.6 is 0 Å². The topological polar surface area (TPSA) is 37.8 Å². The Labute approximate surface area is 97.8 Å². The molecule has 0 saturated carbocycles. The Bertz CT molecular complexity index is 374. The lowest BCUT2D eigenvalue weighted by Crippen LogP contribution is -2.21. The first-order valence-electron chi connectivity index (χ1n) is 6.40. The van der Waals surface area contributed by atoms with Gasteiger partial charge in [-0.15, -0.1) is 0 Å². The maximum absolute atomic E-state index is 12.1. The molecule has 0 radical (unpaired) electrons. The Morgan fingerprint density at radius 3 is 2.50 bits per heavy atom. The first-order valence-corrected chi connectivity index (χ1v) is 6.40. The number of aromatic amines is 1. The molecule has 1 rings (SSSR count). The smallest absolute Gasteiger partial charge is 0.269 e. The van der Waals surface area contributed by atoms with Gasteiger partial charge in [-0.25, -0.2) is 0 Å². The number of rotatable bonds is 6. The fourth-order valence-electron chi connectivity index (χ4n) is 1.99. The summed E-state index contributed by atoms with van der Waals surface area (Å²) in [5.74, 6) is 0.500. The molecule has 0 spiro atoms. The van der Waals surface area contributed by atoms with Crippen LogP contribution in [0.1, 0.15) is 51.8 Å². The number of hydrogen-bond acceptors (Lipinski definition) is 1. The Balaban J connectivity index is 2.95. The highest BCUT2D eigenvalue weighted by atomic mass is 16.1. The van der Waals surface area contributed by atoms with Crippen molar-refractivity contribution in [3.05, 3.63) is 21.6 Å². The summed E-state index contributed by atoms with van der Waals surface area (Å²) in [6, 6.07) is 0. The van der Waals surface area contributed by atoms with Gasteiger partial charge in [0.05, 0.1) is 0 Å². The standard InChI is InChI=1S/C13H24N2O/c1-5-7-8-12-11(6-2)13(16)15(14-12)9-10(3)4/h10,14H,5-9H2,1-4H3. The van der Waals surface area contributed by atoms with Crippen molar-refractivity contribution in [1.29, 1.82) is 0 Å². The molecule has 0 unspecified atom stereocenters. The number of H-pyrrole nitrogens is 1. The number of nitrogens with one attached hydrogen (secondary N) is 1. The van der Waals surface area contributed by atoms with Crippen molar-refractivity contribution in [2.45, 2.75) is 59.9 Å². The van der Waals surface area contributed by atoms with E-state index >= 15 is 0 Å². The SMILES string of the molecule is CCCCc1[nH]n(CC(C)C)c(=O)c1CC. The van der Waals surface area contributed by atoms with E-state index in [4.69, 9.17) is 0 Å². The molecule has 0 aliphatic carbocycles. The van der Waals surface area contributed by atoms with E-state index < -0.39 is 0 Å². The molecule has 0 fully saturated rings. The van der Waals surface area contributed by atoms with Crippen molar-refractivity contribution >= 4 is 0 Å². The zero-order chi connectivity index (χ0) is 12.1. The summed E-state index contributed by atoms with van der Waals surface area (Å²) in [4.78, 5) is 12.1. The minimum Gasteiger partial charge on any atom is -0.299 e. The highest BCUT2D eigenvalue weighted by Gasteiger charge is 2.12. The number of aromatic nitrogens is 2. The molecule has 1 N–H and O–H groups in total. The normalized spacial score (nSPS) is 11.3. The van der Waals surface area contributed by atoms with Crippen LogP contribution in [0.3, 0.4) is 0 Å². The number of unbranched alkanes of at least 4 members (excludes halogenated alkanes) is 1. The molecule has 16 heavy (non-hydrogen) atoms. The quantitative estimate of drug-likeness (QED) is 0.792. The Kier molecular flexibility index (Phi) is 4.84. The highest BCUT2D eigenvalue weighted by molar-refractivity contribution is 5.17. The lowest BCUT2D eigenvalue weighted by Gasteiger charge is -2.04. The second-order valence-corrected chi connectivity index (χ2v) is 4.84. The van der Waals surface area contributed by atoms with Gasteiger partial charge in [0.25, 0.3) is 5.56 Å². The van der Waals surface area contributed by atoms with E-state index in [0.29, 0.717) is 5.92 Å². The van der Waals surface area contributed by atoms with Crippen LogP contribution in [-0.4, -0.2) is 9.78 Å². The highest BCUT2D eigenvalue weighted by Crippen LogP contribution is 2.08. The van der Waals surface area contributed by atoms with Gasteiger partial charge < -0.3 is 0 Å². The maximum atomic E-state index is 12.1. The molecule has 0 aliphatic heterocycles. The third-order valence-electron chi connectivity index (χ3n) is 2.82. The zero-order valence-corrected chi connectivity index (χ0v) is 11.0. The van der Waals surface area contributed by atoms with Gasteiger partial charge in [-0.3, -0.25) is 14.6 Å². The zero-order valence-electron chi connectivity index (χ0n) is 11.0. The lowest BCUT2D eigenvalue weighted by molar-refractivity contribution is 0.469. The third-order valence-corrected chi connectivity index (χ3v) is 2.82. The summed E-state index contributed by atoms with van der Waals surface area (Å²) < 4.78 is 1.77. The van der Waals surface area contributed by atoms with E-state index in [1.54, 1.807) is 4.68 Å². The molecule has 1 heterocycles. The van der Waals surface area contributed by atoms with Crippen molar-refractivity contribution in [2.24, 2.45) is 5.92 Å². The molecule has 0 saturated heterocycles. The number of aryl methyl sites for hydroxylation is 1. The van der Waals surface area contributed by atoms with E-state index in [0.717, 1.165) is 37.1 Å². The van der Waals surface area contributed by atoms with Gasteiger partial charge in [0, 0.05) is 17.8 Å². The van der Waals surface area contributed by atoms with Crippen LogP contribution in [0.15, 0.2) is 4.79 Å². The van der Waals surface area contributed by atoms with Crippen LogP contribution in [-0.2, 0) is 19.4 Å². The molecular formula is C13H24N2O. The Morgan fingerprint density at radius 2 is 2.00 bits per heavy atom. The average molecular weight is 224 g/mol. The van der Waals surface area contributed by atoms with Gasteiger partial charge in [0.1, 0.15) is 0 Å². The third kappa shape index (κ3) is 3.00. The monoisotopic (exact) mass is 224 g/mol. The molecule has 3 heteroatoms. The van der Waals surface area contributed by atoms with Gasteiger partial charge in [-0.05, 0) is 25.2 Å². The van der Waals surface area contributed by atoms with Crippen LogP contribution < -0.4 is 5.56 Å². The lowest BCUT2D eigenvalue weighted by atomic mass is 10.1. The van der Waals surface area contributed by atoms with Crippen molar-refractivity contribution in [3.8, 4) is 0 Å². The van der Waals surface area contributed by atoms with Gasteiger partial charge in [-0.1, -0.05) is 34.1 Å². The predicted octanol–water partition coefficient (Wildman–Crippen LogP) is 2.74. The van der Waals surface area contributed by atoms with Gasteiger partial charge in [-0.2, -0.15) is 0 Å². The van der Waals surface area contributed by atoms with E-state index in [1.165, 1.54) is 6.42 Å². The summed E-state index contributed by atoms with van der Waals surface area (Å²) in [6.45, 7) is 9.28. The first-order chi connectivity index (χ1) is 7.60. The fourth-order valence-corrected chi connectivity index (χ4v) is 1.99. The first kappa shape index (κ1) is 13.1. The van der Waals surface area contributed by atoms with Crippen LogP contribution in [0, 0.1) is 5.92 Å². The number of nitrogens with zero attached hydrogens (tertiary/aromatic N) is 1. The van der Waals surface area contributed by atoms with Gasteiger partial charge in [0.15, 0.2) is 0 Å². The molecule has 3 nitrogen and oxygen atoms in total. The Morgan fingerprint density at radius 1 is 1.31 bits per heavy atom. The predicted molar refractivity (Wildman–Crippen MR) is 67.9 cm³/mol. The van der Waals surface area contributed by atoms with E-state index in [1.807, 2.05) is 0 Å². The molecule has 0 amide bonds. The van der Waals surface area contributed by atoms with Crippen LogP contribution in [0.5, 0.6) is 0 Å². The van der Waals surface area contributed by atoms with Gasteiger partial charge in [0.2, 0.25) is 0 Å². The average Bonchev–Trinajstić information content (AvgIpc) is 2.51.